The molecule has 0 aromatic rings. The number of aliphatic hydroxyl groups is 7. The Morgan fingerprint density at radius 2 is 0.707 bits per heavy atom. The molecule has 0 aromatic carbocycles. The molecule has 2 heterocycles. The predicted octanol–water partition coefficient (Wildman–Crippen LogP) is 13.6. The highest BCUT2D eigenvalue weighted by Crippen LogP contribution is 2.27. The van der Waals surface area contributed by atoms with E-state index < -0.39 is 92.7 Å². The number of hydrogen-bond acceptors (Lipinski definition) is 15. The Morgan fingerprint density at radius 3 is 1.11 bits per heavy atom. The van der Waals surface area contributed by atoms with Gasteiger partial charge in [0.1, 0.15) is 55.4 Å². The van der Waals surface area contributed by atoms with Gasteiger partial charge in [-0.3, -0.25) is 9.59 Å². The summed E-state index contributed by atoms with van der Waals surface area (Å²) in [7, 11) is 0. The number of unbranched alkanes of at least 4 members (excludes halogenated alkanes) is 41. The second-order valence-electron chi connectivity index (χ2n) is 24.4. The van der Waals surface area contributed by atoms with Crippen LogP contribution in [0, 0.1) is 0 Å². The lowest BCUT2D eigenvalue weighted by Gasteiger charge is -2.42. The second kappa shape index (κ2) is 53.5. The van der Waals surface area contributed by atoms with Gasteiger partial charge in [0.15, 0.2) is 18.7 Å². The van der Waals surface area contributed by atoms with Crippen molar-refractivity contribution in [2.24, 2.45) is 0 Å². The van der Waals surface area contributed by atoms with Crippen LogP contribution in [-0.4, -0.2) is 142 Å². The molecule has 11 atom stereocenters. The Bertz CT molecular complexity index is 1470. The Hall–Kier alpha value is -1.76. The molecule has 15 nitrogen and oxygen atoms in total. The van der Waals surface area contributed by atoms with E-state index >= 15 is 0 Å². The Morgan fingerprint density at radius 1 is 0.378 bits per heavy atom. The van der Waals surface area contributed by atoms with Gasteiger partial charge in [0.25, 0.3) is 0 Å². The summed E-state index contributed by atoms with van der Waals surface area (Å²) in [5.41, 5.74) is 0. The lowest BCUT2D eigenvalue weighted by atomic mass is 9.98. The molecule has 484 valence electrons. The van der Waals surface area contributed by atoms with E-state index in [2.05, 4.69) is 26.0 Å². The van der Waals surface area contributed by atoms with E-state index in [9.17, 15) is 45.3 Å². The summed E-state index contributed by atoms with van der Waals surface area (Å²) in [5, 5.41) is 72.5. The molecule has 2 fully saturated rings. The number of carbonyl (C=O) groups excluding carboxylic acids is 2. The first-order valence-electron chi connectivity index (χ1n) is 34.3. The number of rotatable bonds is 57. The lowest BCUT2D eigenvalue weighted by Crippen LogP contribution is -2.61. The minimum Gasteiger partial charge on any atom is -0.462 e. The van der Waals surface area contributed by atoms with Crippen molar-refractivity contribution in [2.45, 2.75) is 377 Å². The topological polar surface area (TPSA) is 231 Å². The van der Waals surface area contributed by atoms with Crippen LogP contribution in [-0.2, 0) is 38.0 Å². The van der Waals surface area contributed by atoms with E-state index in [1.807, 2.05) is 0 Å². The fraction of sp³-hybridized carbons (Fsp3) is 0.940. The first kappa shape index (κ1) is 76.3. The van der Waals surface area contributed by atoms with Gasteiger partial charge in [-0.1, -0.05) is 276 Å². The highest BCUT2D eigenvalue weighted by Gasteiger charge is 2.47. The van der Waals surface area contributed by atoms with Crippen LogP contribution >= 0.6 is 0 Å². The third-order valence-electron chi connectivity index (χ3n) is 16.7. The normalized spacial score (nSPS) is 23.4. The molecule has 4 unspecified atom stereocenters. The Kier molecular flexibility index (Phi) is 49.8. The SMILES string of the molecule is CCCCCCCCCCCCCCCCCCCC/C=C/CCCC(=O)O[C@@H](COC(=O)CCCCCCCCCCCCCCCCCCCCCCCCC)CO[C@@H]1O[C@H](CO[C@@H]2O[C@H](CO)[C@H](O)C(O)C2O)[C@H](O)C(O)C1O. The lowest BCUT2D eigenvalue weighted by molar-refractivity contribution is -0.332. The average Bonchev–Trinajstić information content (AvgIpc) is 3.68. The van der Waals surface area contributed by atoms with Crippen molar-refractivity contribution in [1.82, 2.24) is 0 Å². The van der Waals surface area contributed by atoms with Crippen LogP contribution in [0.15, 0.2) is 12.2 Å². The quantitative estimate of drug-likeness (QED) is 0.0171. The molecule has 2 aliphatic rings. The standard InChI is InChI=1S/C67H126O15/c1-3-5-7-9-11-13-15-17-19-21-23-25-27-29-31-33-35-37-39-41-43-45-47-49-58(69)77-52-55(53-78-66-65(76)63(74)61(72)57(82-66)54-79-67-64(75)62(73)60(71)56(51-68)81-67)80-59(70)50-48-46-44-42-40-38-36-34-32-30-28-26-24-22-20-18-16-14-12-10-8-6-4-2/h42,44,55-57,60-68,71-76H,3-41,43,45-54H2,1-2H3/b44-42+/t55-,56+,57+,60-,61-,62?,63?,64?,65?,66+,67+/m0/s1. The molecule has 0 bridgehead atoms. The minimum absolute atomic E-state index is 0.123. The van der Waals surface area contributed by atoms with Gasteiger partial charge in [-0.15, -0.1) is 0 Å². The van der Waals surface area contributed by atoms with Gasteiger partial charge in [0, 0.05) is 12.8 Å². The maximum absolute atomic E-state index is 13.1. The van der Waals surface area contributed by atoms with Crippen molar-refractivity contribution in [2.75, 3.05) is 26.4 Å². The molecule has 2 saturated heterocycles. The Balaban J connectivity index is 1.68. The average molecular weight is 1170 g/mol. The maximum atomic E-state index is 13.1. The number of ether oxygens (including phenoxy) is 6. The monoisotopic (exact) mass is 1170 g/mol. The van der Waals surface area contributed by atoms with Gasteiger partial charge in [-0.05, 0) is 32.1 Å². The first-order valence-corrected chi connectivity index (χ1v) is 34.3. The van der Waals surface area contributed by atoms with E-state index in [0.29, 0.717) is 19.3 Å². The first-order chi connectivity index (χ1) is 40.0. The predicted molar refractivity (Wildman–Crippen MR) is 326 cm³/mol. The summed E-state index contributed by atoms with van der Waals surface area (Å²) in [4.78, 5) is 26.0. The molecule has 0 aliphatic carbocycles. The molecule has 7 N–H and O–H groups in total. The molecular formula is C67H126O15. The van der Waals surface area contributed by atoms with E-state index in [1.165, 1.54) is 231 Å². The van der Waals surface area contributed by atoms with Gasteiger partial charge in [0.2, 0.25) is 0 Å². The smallest absolute Gasteiger partial charge is 0.306 e. The molecule has 0 aromatic heterocycles. The highest BCUT2D eigenvalue weighted by atomic mass is 16.7. The van der Waals surface area contributed by atoms with Gasteiger partial charge >= 0.3 is 11.9 Å². The summed E-state index contributed by atoms with van der Waals surface area (Å²) < 4.78 is 33.8. The van der Waals surface area contributed by atoms with Crippen molar-refractivity contribution in [1.29, 1.82) is 0 Å². The number of hydrogen-bond donors (Lipinski definition) is 7. The second-order valence-corrected chi connectivity index (χ2v) is 24.4. The van der Waals surface area contributed by atoms with Crippen LogP contribution in [0.1, 0.15) is 309 Å². The van der Waals surface area contributed by atoms with Crippen LogP contribution < -0.4 is 0 Å². The molecule has 0 radical (unpaired) electrons. The van der Waals surface area contributed by atoms with Gasteiger partial charge in [-0.25, -0.2) is 0 Å². The van der Waals surface area contributed by atoms with Gasteiger partial charge in [0.05, 0.1) is 19.8 Å². The largest absolute Gasteiger partial charge is 0.462 e. The maximum Gasteiger partial charge on any atom is 0.306 e. The third-order valence-corrected chi connectivity index (χ3v) is 16.7. The van der Waals surface area contributed by atoms with Gasteiger partial charge in [-0.2, -0.15) is 0 Å². The molecular weight excluding hydrogens is 1040 g/mol. The zero-order valence-electron chi connectivity index (χ0n) is 52.3. The van der Waals surface area contributed by atoms with Crippen molar-refractivity contribution < 1.29 is 73.8 Å². The molecule has 0 spiro atoms. The molecule has 15 heteroatoms. The number of esters is 2. The van der Waals surface area contributed by atoms with Gasteiger partial charge < -0.3 is 64.2 Å². The summed E-state index contributed by atoms with van der Waals surface area (Å²) in [5.74, 6) is -0.940. The number of allylic oxidation sites excluding steroid dienone is 2. The summed E-state index contributed by atoms with van der Waals surface area (Å²) in [6.45, 7) is 2.66. The molecule has 0 saturated carbocycles. The zero-order chi connectivity index (χ0) is 59.5. The molecule has 0 amide bonds. The zero-order valence-corrected chi connectivity index (χ0v) is 52.3. The van der Waals surface area contributed by atoms with Crippen molar-refractivity contribution in [3.8, 4) is 0 Å². The van der Waals surface area contributed by atoms with Crippen LogP contribution in [0.25, 0.3) is 0 Å². The minimum atomic E-state index is -1.77. The summed E-state index contributed by atoms with van der Waals surface area (Å²) in [6.07, 6.45) is 44.0. The fourth-order valence-electron chi connectivity index (χ4n) is 11.2. The van der Waals surface area contributed by atoms with Crippen LogP contribution in [0.4, 0.5) is 0 Å². The van der Waals surface area contributed by atoms with E-state index in [-0.39, 0.29) is 26.1 Å². The number of carbonyl (C=O) groups is 2. The highest BCUT2D eigenvalue weighted by molar-refractivity contribution is 5.70. The fourth-order valence-corrected chi connectivity index (χ4v) is 11.2. The van der Waals surface area contributed by atoms with E-state index in [1.54, 1.807) is 0 Å². The van der Waals surface area contributed by atoms with Crippen molar-refractivity contribution in [3.05, 3.63) is 12.2 Å². The number of aliphatic hydroxyl groups excluding tert-OH is 7. The summed E-state index contributed by atoms with van der Waals surface area (Å²) >= 11 is 0. The summed E-state index contributed by atoms with van der Waals surface area (Å²) in [6, 6.07) is 0. The Labute approximate surface area is 499 Å². The van der Waals surface area contributed by atoms with Crippen LogP contribution in [0.2, 0.25) is 0 Å². The third kappa shape index (κ3) is 39.1. The molecule has 2 rings (SSSR count). The van der Waals surface area contributed by atoms with E-state index in [0.717, 1.165) is 32.1 Å². The van der Waals surface area contributed by atoms with Crippen LogP contribution in [0.3, 0.4) is 0 Å². The van der Waals surface area contributed by atoms with E-state index in [4.69, 9.17) is 28.4 Å². The molecule has 2 aliphatic heterocycles. The van der Waals surface area contributed by atoms with Crippen molar-refractivity contribution in [3.63, 3.8) is 0 Å². The van der Waals surface area contributed by atoms with Crippen LogP contribution in [0.5, 0.6) is 0 Å². The van der Waals surface area contributed by atoms with Crippen molar-refractivity contribution >= 4 is 11.9 Å². The molecule has 82 heavy (non-hydrogen) atoms.